The van der Waals surface area contributed by atoms with Crippen LogP contribution in [0.2, 0.25) is 0 Å². The Hall–Kier alpha value is -1.29. The molecule has 0 spiro atoms. The van der Waals surface area contributed by atoms with E-state index in [9.17, 15) is 4.79 Å². The van der Waals surface area contributed by atoms with Crippen molar-refractivity contribution >= 4 is 5.91 Å². The van der Waals surface area contributed by atoms with Crippen LogP contribution in [0, 0.1) is 6.92 Å². The van der Waals surface area contributed by atoms with E-state index in [1.807, 2.05) is 26.8 Å². The van der Waals surface area contributed by atoms with Crippen LogP contribution in [0.15, 0.2) is 16.7 Å². The van der Waals surface area contributed by atoms with Crippen LogP contribution in [0.25, 0.3) is 0 Å². The molecule has 4 heteroatoms. The molecule has 0 fully saturated rings. The predicted octanol–water partition coefficient (Wildman–Crippen LogP) is 1.33. The summed E-state index contributed by atoms with van der Waals surface area (Å²) >= 11 is 0. The van der Waals surface area contributed by atoms with Crippen molar-refractivity contribution in [3.8, 4) is 0 Å². The Bertz CT molecular complexity index is 342. The Morgan fingerprint density at radius 1 is 1.60 bits per heavy atom. The molecular weight excluding hydrogens is 192 g/mol. The van der Waals surface area contributed by atoms with Crippen molar-refractivity contribution in [2.24, 2.45) is 5.73 Å². The van der Waals surface area contributed by atoms with Gasteiger partial charge in [0.2, 0.25) is 5.91 Å². The lowest BCUT2D eigenvalue weighted by atomic mass is 10.0. The molecule has 0 saturated heterocycles. The lowest BCUT2D eigenvalue weighted by Crippen LogP contribution is -2.42. The molecule has 1 heterocycles. The molecule has 84 valence electrons. The number of primary amides is 1. The van der Waals surface area contributed by atoms with Gasteiger partial charge in [0.15, 0.2) is 0 Å². The quantitative estimate of drug-likeness (QED) is 0.770. The summed E-state index contributed by atoms with van der Waals surface area (Å²) in [6.45, 7) is 6.48. The van der Waals surface area contributed by atoms with Crippen molar-refractivity contribution < 1.29 is 9.21 Å². The summed E-state index contributed by atoms with van der Waals surface area (Å²) in [7, 11) is 0. The van der Waals surface area contributed by atoms with Gasteiger partial charge in [-0.15, -0.1) is 0 Å². The third-order valence-corrected chi connectivity index (χ3v) is 2.31. The second-order valence-corrected chi connectivity index (χ2v) is 4.41. The van der Waals surface area contributed by atoms with Crippen LogP contribution >= 0.6 is 0 Å². The minimum atomic E-state index is -0.302. The largest absolute Gasteiger partial charge is 0.468 e. The molecule has 1 rings (SSSR count). The van der Waals surface area contributed by atoms with Gasteiger partial charge >= 0.3 is 0 Å². The zero-order valence-electron chi connectivity index (χ0n) is 9.46. The Labute approximate surface area is 89.8 Å². The van der Waals surface area contributed by atoms with E-state index in [1.165, 1.54) is 0 Å². The predicted molar refractivity (Wildman–Crippen MR) is 58.2 cm³/mol. The number of hydrogen-bond donors (Lipinski definition) is 2. The average Bonchev–Trinajstić information content (AvgIpc) is 2.45. The zero-order valence-corrected chi connectivity index (χ0v) is 9.46. The maximum atomic E-state index is 10.8. The van der Waals surface area contributed by atoms with Gasteiger partial charge in [-0.3, -0.25) is 4.79 Å². The van der Waals surface area contributed by atoms with E-state index in [4.69, 9.17) is 10.2 Å². The molecule has 0 aliphatic rings. The molecule has 0 aliphatic heterocycles. The monoisotopic (exact) mass is 210 g/mol. The van der Waals surface area contributed by atoms with Crippen LogP contribution in [0.5, 0.6) is 0 Å². The summed E-state index contributed by atoms with van der Waals surface area (Å²) in [5, 5.41) is 3.24. The normalized spacial score (nSPS) is 11.7. The van der Waals surface area contributed by atoms with Crippen molar-refractivity contribution in [3.05, 3.63) is 23.7 Å². The van der Waals surface area contributed by atoms with Crippen LogP contribution < -0.4 is 11.1 Å². The average molecular weight is 210 g/mol. The van der Waals surface area contributed by atoms with Crippen molar-refractivity contribution in [1.29, 1.82) is 0 Å². The number of nitrogens with two attached hydrogens (primary N) is 1. The highest BCUT2D eigenvalue weighted by atomic mass is 16.3. The summed E-state index contributed by atoms with van der Waals surface area (Å²) in [5.74, 6) is 0.594. The Morgan fingerprint density at radius 3 is 2.73 bits per heavy atom. The number of carbonyl (C=O) groups excluding carboxylic acids is 1. The first-order valence-electron chi connectivity index (χ1n) is 4.97. The van der Waals surface area contributed by atoms with Gasteiger partial charge in [0.25, 0.3) is 0 Å². The lowest BCUT2D eigenvalue weighted by molar-refractivity contribution is -0.119. The number of nitrogens with one attached hydrogen (secondary N) is 1. The molecular formula is C11H18N2O2. The molecule has 0 bridgehead atoms. The van der Waals surface area contributed by atoms with Crippen molar-refractivity contribution in [3.63, 3.8) is 0 Å². The van der Waals surface area contributed by atoms with Gasteiger partial charge in [-0.2, -0.15) is 0 Å². The van der Waals surface area contributed by atoms with Crippen LogP contribution in [0.1, 0.15) is 31.6 Å². The van der Waals surface area contributed by atoms with Gasteiger partial charge in [-0.1, -0.05) is 0 Å². The SMILES string of the molecule is Cc1ccoc1CNC(C)(C)CC(N)=O. The topological polar surface area (TPSA) is 68.3 Å². The third-order valence-electron chi connectivity index (χ3n) is 2.31. The first-order chi connectivity index (χ1) is 6.91. The number of hydrogen-bond acceptors (Lipinski definition) is 3. The molecule has 1 aromatic heterocycles. The smallest absolute Gasteiger partial charge is 0.219 e. The number of amides is 1. The molecule has 0 saturated carbocycles. The van der Waals surface area contributed by atoms with Crippen molar-refractivity contribution in [1.82, 2.24) is 5.32 Å². The Balaban J connectivity index is 2.49. The zero-order chi connectivity index (χ0) is 11.5. The van der Waals surface area contributed by atoms with E-state index in [2.05, 4.69) is 5.32 Å². The molecule has 3 N–H and O–H groups in total. The summed E-state index contributed by atoms with van der Waals surface area (Å²) < 4.78 is 5.29. The highest BCUT2D eigenvalue weighted by Crippen LogP contribution is 2.12. The van der Waals surface area contributed by atoms with E-state index >= 15 is 0 Å². The molecule has 4 nitrogen and oxygen atoms in total. The minimum absolute atomic E-state index is 0.301. The second kappa shape index (κ2) is 4.49. The summed E-state index contributed by atoms with van der Waals surface area (Å²) in [6.07, 6.45) is 1.97. The van der Waals surface area contributed by atoms with Crippen molar-refractivity contribution in [2.45, 2.75) is 39.3 Å². The number of furan rings is 1. The molecule has 1 aromatic rings. The maximum absolute atomic E-state index is 10.8. The van der Waals surface area contributed by atoms with E-state index in [0.29, 0.717) is 13.0 Å². The van der Waals surface area contributed by atoms with Gasteiger partial charge in [-0.25, -0.2) is 0 Å². The van der Waals surface area contributed by atoms with E-state index in [-0.39, 0.29) is 11.4 Å². The second-order valence-electron chi connectivity index (χ2n) is 4.41. The van der Waals surface area contributed by atoms with Crippen molar-refractivity contribution in [2.75, 3.05) is 0 Å². The van der Waals surface area contributed by atoms with Gasteiger partial charge in [0, 0.05) is 12.0 Å². The van der Waals surface area contributed by atoms with E-state index in [1.54, 1.807) is 6.26 Å². The Kier molecular flexibility index (Phi) is 3.52. The molecule has 0 unspecified atom stereocenters. The highest BCUT2D eigenvalue weighted by molar-refractivity contribution is 5.74. The number of aryl methyl sites for hydroxylation is 1. The molecule has 0 aliphatic carbocycles. The van der Waals surface area contributed by atoms with E-state index < -0.39 is 0 Å². The van der Waals surface area contributed by atoms with Gasteiger partial charge < -0.3 is 15.5 Å². The summed E-state index contributed by atoms with van der Waals surface area (Å²) in [5.41, 5.74) is 5.96. The molecule has 15 heavy (non-hydrogen) atoms. The maximum Gasteiger partial charge on any atom is 0.219 e. The van der Waals surface area contributed by atoms with E-state index in [0.717, 1.165) is 11.3 Å². The van der Waals surface area contributed by atoms with Crippen LogP contribution in [-0.2, 0) is 11.3 Å². The lowest BCUT2D eigenvalue weighted by Gasteiger charge is -2.24. The number of rotatable bonds is 5. The van der Waals surface area contributed by atoms with Gasteiger partial charge in [-0.05, 0) is 32.4 Å². The molecule has 0 atom stereocenters. The summed E-state index contributed by atoms with van der Waals surface area (Å²) in [4.78, 5) is 10.8. The highest BCUT2D eigenvalue weighted by Gasteiger charge is 2.20. The third kappa shape index (κ3) is 3.75. The first-order valence-corrected chi connectivity index (χ1v) is 4.97. The van der Waals surface area contributed by atoms with Crippen LogP contribution in [-0.4, -0.2) is 11.4 Å². The standard InChI is InChI=1S/C11H18N2O2/c1-8-4-5-15-9(8)7-13-11(2,3)6-10(12)14/h4-5,13H,6-7H2,1-3H3,(H2,12,14). The first kappa shape index (κ1) is 11.8. The van der Waals surface area contributed by atoms with Gasteiger partial charge in [0.1, 0.15) is 5.76 Å². The fourth-order valence-electron chi connectivity index (χ4n) is 1.40. The van der Waals surface area contributed by atoms with Crippen LogP contribution in [0.4, 0.5) is 0 Å². The summed E-state index contributed by atoms with van der Waals surface area (Å²) in [6, 6.07) is 1.91. The molecule has 1 amide bonds. The van der Waals surface area contributed by atoms with Crippen LogP contribution in [0.3, 0.4) is 0 Å². The minimum Gasteiger partial charge on any atom is -0.468 e. The fourth-order valence-corrected chi connectivity index (χ4v) is 1.40. The molecule has 0 aromatic carbocycles. The number of carbonyl (C=O) groups is 1. The Morgan fingerprint density at radius 2 is 2.27 bits per heavy atom. The molecule has 0 radical (unpaired) electrons. The fraction of sp³-hybridized carbons (Fsp3) is 0.545. The van der Waals surface area contributed by atoms with Gasteiger partial charge in [0.05, 0.1) is 12.8 Å².